The number of nitrogens with one attached hydrogen (secondary N) is 1. The average Bonchev–Trinajstić information content (AvgIpc) is 2.31. The molecule has 0 unspecified atom stereocenters. The molecule has 2 nitrogen and oxygen atoms in total. The van der Waals surface area contributed by atoms with Crippen LogP contribution in [0.2, 0.25) is 0 Å². The number of rotatable bonds is 5. The van der Waals surface area contributed by atoms with Crippen LogP contribution in [0.5, 0.6) is 0 Å². The van der Waals surface area contributed by atoms with Gasteiger partial charge in [-0.3, -0.25) is 0 Å². The van der Waals surface area contributed by atoms with Gasteiger partial charge < -0.3 is 10.1 Å². The van der Waals surface area contributed by atoms with Crippen LogP contribution < -0.4 is 5.32 Å². The van der Waals surface area contributed by atoms with E-state index in [0.29, 0.717) is 6.54 Å². The van der Waals surface area contributed by atoms with Crippen molar-refractivity contribution < 1.29 is 13.5 Å². The molecule has 1 N–H and O–H groups in total. The fourth-order valence-electron chi connectivity index (χ4n) is 2.17. The summed E-state index contributed by atoms with van der Waals surface area (Å²) in [5, 5.41) is 3.08. The largest absolute Gasteiger partial charge is 0.377 e. The van der Waals surface area contributed by atoms with Gasteiger partial charge in [-0.05, 0) is 47.3 Å². The molecule has 0 spiro atoms. The molecule has 1 aromatic rings. The summed E-state index contributed by atoms with van der Waals surface area (Å²) in [6.07, 6.45) is 3.15. The zero-order chi connectivity index (χ0) is 13.2. The number of hydrogen-bond donors (Lipinski definition) is 1. The Hall–Kier alpha value is -0.520. The minimum Gasteiger partial charge on any atom is -0.377 e. The van der Waals surface area contributed by atoms with Gasteiger partial charge in [0.1, 0.15) is 11.6 Å². The van der Waals surface area contributed by atoms with Crippen LogP contribution in [0.3, 0.4) is 0 Å². The molecular formula is C13H16BrF2NO. The van der Waals surface area contributed by atoms with E-state index in [0.717, 1.165) is 19.3 Å². The van der Waals surface area contributed by atoms with Crippen LogP contribution in [0.4, 0.5) is 8.78 Å². The molecular weight excluding hydrogens is 304 g/mol. The fourth-order valence-corrected chi connectivity index (χ4v) is 2.54. The molecule has 5 heteroatoms. The first-order chi connectivity index (χ1) is 8.58. The zero-order valence-electron chi connectivity index (χ0n) is 10.2. The second-order valence-corrected chi connectivity index (χ2v) is 5.52. The SMILES string of the molecule is COC1(CNCc2c(F)ccc(Br)c2F)CCC1. The Morgan fingerprint density at radius 3 is 2.67 bits per heavy atom. The first kappa shape index (κ1) is 13.9. The maximum absolute atomic E-state index is 13.7. The van der Waals surface area contributed by atoms with Gasteiger partial charge in [-0.15, -0.1) is 0 Å². The predicted octanol–water partition coefficient (Wildman–Crippen LogP) is 3.39. The quantitative estimate of drug-likeness (QED) is 0.840. The molecule has 1 aromatic carbocycles. The van der Waals surface area contributed by atoms with Gasteiger partial charge in [0.15, 0.2) is 0 Å². The molecule has 1 aliphatic rings. The van der Waals surface area contributed by atoms with E-state index < -0.39 is 11.6 Å². The average molecular weight is 320 g/mol. The molecule has 0 heterocycles. The number of ether oxygens (including phenoxy) is 1. The maximum Gasteiger partial charge on any atom is 0.144 e. The van der Waals surface area contributed by atoms with Gasteiger partial charge in [-0.25, -0.2) is 8.78 Å². The highest BCUT2D eigenvalue weighted by atomic mass is 79.9. The van der Waals surface area contributed by atoms with Crippen molar-refractivity contribution in [2.45, 2.75) is 31.4 Å². The topological polar surface area (TPSA) is 21.3 Å². The van der Waals surface area contributed by atoms with Gasteiger partial charge in [0.25, 0.3) is 0 Å². The van der Waals surface area contributed by atoms with Gasteiger partial charge in [0, 0.05) is 25.8 Å². The van der Waals surface area contributed by atoms with Crippen LogP contribution in [-0.4, -0.2) is 19.3 Å². The fraction of sp³-hybridized carbons (Fsp3) is 0.538. The predicted molar refractivity (Wildman–Crippen MR) is 69.4 cm³/mol. The molecule has 0 aliphatic heterocycles. The van der Waals surface area contributed by atoms with E-state index >= 15 is 0 Å². The molecule has 0 radical (unpaired) electrons. The Morgan fingerprint density at radius 2 is 2.11 bits per heavy atom. The molecule has 1 saturated carbocycles. The van der Waals surface area contributed by atoms with E-state index in [1.807, 2.05) is 0 Å². The standard InChI is InChI=1S/C13H16BrF2NO/c1-18-13(5-2-6-13)8-17-7-9-11(15)4-3-10(14)12(9)16/h3-4,17H,2,5-8H2,1H3. The lowest BCUT2D eigenvalue weighted by molar-refractivity contribution is -0.0696. The van der Waals surface area contributed by atoms with E-state index in [4.69, 9.17) is 4.74 Å². The molecule has 0 amide bonds. The smallest absolute Gasteiger partial charge is 0.144 e. The Kier molecular flexibility index (Phi) is 4.35. The van der Waals surface area contributed by atoms with Crippen molar-refractivity contribution in [2.75, 3.05) is 13.7 Å². The van der Waals surface area contributed by atoms with Crippen molar-refractivity contribution in [3.05, 3.63) is 33.8 Å². The lowest BCUT2D eigenvalue weighted by Gasteiger charge is -2.40. The molecule has 0 saturated heterocycles. The summed E-state index contributed by atoms with van der Waals surface area (Å²) in [5.74, 6) is -1.06. The number of halogens is 3. The zero-order valence-corrected chi connectivity index (χ0v) is 11.8. The lowest BCUT2D eigenvalue weighted by atomic mass is 9.80. The third kappa shape index (κ3) is 2.73. The summed E-state index contributed by atoms with van der Waals surface area (Å²) in [5.41, 5.74) is -0.0751. The van der Waals surface area contributed by atoms with E-state index in [1.165, 1.54) is 12.1 Å². The van der Waals surface area contributed by atoms with Gasteiger partial charge in [0.05, 0.1) is 10.1 Å². The van der Waals surface area contributed by atoms with Crippen molar-refractivity contribution in [1.82, 2.24) is 5.32 Å². The second kappa shape index (κ2) is 5.63. The molecule has 0 aromatic heterocycles. The van der Waals surface area contributed by atoms with Crippen LogP contribution in [0.1, 0.15) is 24.8 Å². The summed E-state index contributed by atoms with van der Waals surface area (Å²) >= 11 is 3.06. The minimum atomic E-state index is -0.539. The van der Waals surface area contributed by atoms with Gasteiger partial charge in [-0.2, -0.15) is 0 Å². The summed E-state index contributed by atoms with van der Waals surface area (Å²) in [6.45, 7) is 0.789. The van der Waals surface area contributed by atoms with Crippen LogP contribution in [0.25, 0.3) is 0 Å². The van der Waals surface area contributed by atoms with Crippen molar-refractivity contribution in [2.24, 2.45) is 0 Å². The van der Waals surface area contributed by atoms with E-state index in [-0.39, 0.29) is 22.2 Å². The van der Waals surface area contributed by atoms with E-state index in [2.05, 4.69) is 21.2 Å². The first-order valence-electron chi connectivity index (χ1n) is 5.96. The number of hydrogen-bond acceptors (Lipinski definition) is 2. The van der Waals surface area contributed by atoms with Crippen molar-refractivity contribution >= 4 is 15.9 Å². The third-order valence-electron chi connectivity index (χ3n) is 3.59. The van der Waals surface area contributed by atoms with Gasteiger partial charge in [0.2, 0.25) is 0 Å². The molecule has 0 bridgehead atoms. The highest BCUT2D eigenvalue weighted by Gasteiger charge is 2.36. The minimum absolute atomic E-state index is 0.0648. The molecule has 1 fully saturated rings. The summed E-state index contributed by atoms with van der Waals surface area (Å²) in [6, 6.07) is 2.64. The Balaban J connectivity index is 1.96. The molecule has 1 aliphatic carbocycles. The van der Waals surface area contributed by atoms with Crippen LogP contribution >= 0.6 is 15.9 Å². The summed E-state index contributed by atoms with van der Waals surface area (Å²) in [7, 11) is 1.68. The maximum atomic E-state index is 13.7. The molecule has 2 rings (SSSR count). The van der Waals surface area contributed by atoms with Crippen LogP contribution in [0, 0.1) is 11.6 Å². The monoisotopic (exact) mass is 319 g/mol. The van der Waals surface area contributed by atoms with E-state index in [9.17, 15) is 8.78 Å². The van der Waals surface area contributed by atoms with Crippen LogP contribution in [-0.2, 0) is 11.3 Å². The third-order valence-corrected chi connectivity index (χ3v) is 4.20. The number of methoxy groups -OCH3 is 1. The van der Waals surface area contributed by atoms with Crippen molar-refractivity contribution in [3.8, 4) is 0 Å². The molecule has 100 valence electrons. The summed E-state index contributed by atoms with van der Waals surface area (Å²) in [4.78, 5) is 0. The molecule has 0 atom stereocenters. The van der Waals surface area contributed by atoms with Crippen LogP contribution in [0.15, 0.2) is 16.6 Å². The first-order valence-corrected chi connectivity index (χ1v) is 6.75. The van der Waals surface area contributed by atoms with Crippen molar-refractivity contribution in [3.63, 3.8) is 0 Å². The summed E-state index contributed by atoms with van der Waals surface area (Å²) < 4.78 is 32.9. The Bertz CT molecular complexity index is 430. The highest BCUT2D eigenvalue weighted by Crippen LogP contribution is 2.34. The molecule has 18 heavy (non-hydrogen) atoms. The Labute approximate surface area is 114 Å². The van der Waals surface area contributed by atoms with Gasteiger partial charge >= 0.3 is 0 Å². The number of benzene rings is 1. The van der Waals surface area contributed by atoms with E-state index in [1.54, 1.807) is 7.11 Å². The Morgan fingerprint density at radius 1 is 1.39 bits per heavy atom. The second-order valence-electron chi connectivity index (χ2n) is 4.67. The lowest BCUT2D eigenvalue weighted by Crippen LogP contribution is -2.47. The van der Waals surface area contributed by atoms with Crippen molar-refractivity contribution in [1.29, 1.82) is 0 Å². The normalized spacial score (nSPS) is 17.6. The highest BCUT2D eigenvalue weighted by molar-refractivity contribution is 9.10. The van der Waals surface area contributed by atoms with Gasteiger partial charge in [-0.1, -0.05) is 0 Å².